The number of nitrogens with one attached hydrogen (secondary N) is 2. The SMILES string of the molecule is FC(F)(F)CC(F)(F)F.N=C=O.N=C=O. The summed E-state index contributed by atoms with van der Waals surface area (Å²) in [6.07, 6.45) is -11.5. The van der Waals surface area contributed by atoms with Crippen LogP contribution in [0.15, 0.2) is 0 Å². The lowest BCUT2D eigenvalue weighted by atomic mass is 10.4. The standard InChI is InChI=1S/C3H2F6.2CHNO/c4-2(5,6)1-3(7,8)9;2*2-1-3/h1H2;2*2H. The largest absolute Gasteiger partial charge is 0.397 e. The highest BCUT2D eigenvalue weighted by atomic mass is 19.4. The zero-order valence-electron chi connectivity index (χ0n) is 6.79. The second-order valence-corrected chi connectivity index (χ2v) is 1.61. The number of halogens is 6. The van der Waals surface area contributed by atoms with E-state index in [9.17, 15) is 26.3 Å². The molecule has 0 saturated carbocycles. The van der Waals surface area contributed by atoms with E-state index in [-0.39, 0.29) is 0 Å². The minimum atomic E-state index is -5.14. The molecule has 15 heavy (non-hydrogen) atoms. The van der Waals surface area contributed by atoms with Gasteiger partial charge in [-0.15, -0.1) is 0 Å². The van der Waals surface area contributed by atoms with Gasteiger partial charge in [-0.25, -0.2) is 20.4 Å². The van der Waals surface area contributed by atoms with Gasteiger partial charge < -0.3 is 0 Å². The van der Waals surface area contributed by atoms with Crippen molar-refractivity contribution in [2.75, 3.05) is 0 Å². The molecule has 0 spiro atoms. The Hall–Kier alpha value is -1.66. The van der Waals surface area contributed by atoms with Gasteiger partial charge in [-0.05, 0) is 0 Å². The molecule has 0 radical (unpaired) electrons. The van der Waals surface area contributed by atoms with Gasteiger partial charge in [0.25, 0.3) is 0 Å². The van der Waals surface area contributed by atoms with Crippen LogP contribution in [0.1, 0.15) is 6.42 Å². The maximum Gasteiger partial charge on any atom is 0.397 e. The Balaban J connectivity index is -0.000000200. The molecule has 0 atom stereocenters. The molecule has 2 N–H and O–H groups in total. The van der Waals surface area contributed by atoms with Gasteiger partial charge in [-0.2, -0.15) is 26.3 Å². The van der Waals surface area contributed by atoms with Crippen LogP contribution < -0.4 is 0 Å². The monoisotopic (exact) mass is 238 g/mol. The van der Waals surface area contributed by atoms with E-state index in [4.69, 9.17) is 20.4 Å². The highest BCUT2D eigenvalue weighted by molar-refractivity contribution is 5.26. The van der Waals surface area contributed by atoms with Gasteiger partial charge in [0, 0.05) is 0 Å². The number of rotatable bonds is 0. The van der Waals surface area contributed by atoms with Crippen molar-refractivity contribution in [1.82, 2.24) is 0 Å². The normalized spacial score (nSPS) is 9.47. The van der Waals surface area contributed by atoms with Crippen LogP contribution in [0.3, 0.4) is 0 Å². The predicted molar refractivity (Wildman–Crippen MR) is 33.6 cm³/mol. The van der Waals surface area contributed by atoms with Gasteiger partial charge in [-0.3, -0.25) is 0 Å². The molecule has 10 heteroatoms. The highest BCUT2D eigenvalue weighted by Crippen LogP contribution is 2.31. The van der Waals surface area contributed by atoms with Crippen LogP contribution in [0.25, 0.3) is 0 Å². The van der Waals surface area contributed by atoms with Crippen molar-refractivity contribution >= 4 is 12.2 Å². The van der Waals surface area contributed by atoms with Crippen LogP contribution in [-0.4, -0.2) is 24.5 Å². The molecular weight excluding hydrogens is 234 g/mol. The fourth-order valence-electron chi connectivity index (χ4n) is 0.227. The minimum absolute atomic E-state index is 0.750. The highest BCUT2D eigenvalue weighted by Gasteiger charge is 2.43. The quantitative estimate of drug-likeness (QED) is 0.385. The van der Waals surface area contributed by atoms with Gasteiger partial charge in [0.05, 0.1) is 0 Å². The Morgan fingerprint density at radius 1 is 0.800 bits per heavy atom. The number of isocyanates is 2. The van der Waals surface area contributed by atoms with Crippen LogP contribution >= 0.6 is 0 Å². The molecule has 0 aromatic rings. The molecule has 4 nitrogen and oxygen atoms in total. The summed E-state index contributed by atoms with van der Waals surface area (Å²) in [6.45, 7) is 0. The van der Waals surface area contributed by atoms with Gasteiger partial charge in [0.15, 0.2) is 0 Å². The van der Waals surface area contributed by atoms with E-state index in [0.29, 0.717) is 0 Å². The minimum Gasteiger partial charge on any atom is -0.222 e. The summed E-state index contributed by atoms with van der Waals surface area (Å²) >= 11 is 0. The Morgan fingerprint density at radius 2 is 0.933 bits per heavy atom. The van der Waals surface area contributed by atoms with E-state index in [1.54, 1.807) is 0 Å². The first kappa shape index (κ1) is 19.0. The molecule has 88 valence electrons. The van der Waals surface area contributed by atoms with Crippen molar-refractivity contribution < 1.29 is 35.9 Å². The molecule has 0 amide bonds. The molecular formula is C5H4F6N2O2. The molecule has 0 aliphatic heterocycles. The van der Waals surface area contributed by atoms with E-state index in [0.717, 1.165) is 12.2 Å². The van der Waals surface area contributed by atoms with Crippen molar-refractivity contribution in [3.63, 3.8) is 0 Å². The number of hydrogen-bond donors (Lipinski definition) is 2. The van der Waals surface area contributed by atoms with Gasteiger partial charge in [0.2, 0.25) is 12.2 Å². The summed E-state index contributed by atoms with van der Waals surface area (Å²) < 4.78 is 65.0. The lowest BCUT2D eigenvalue weighted by molar-refractivity contribution is -0.232. The number of hydrogen-bond acceptors (Lipinski definition) is 4. The first-order valence-corrected chi connectivity index (χ1v) is 2.75. The third-order valence-electron chi connectivity index (χ3n) is 0.401. The molecule has 0 aromatic carbocycles. The Kier molecular flexibility index (Phi) is 11.3. The van der Waals surface area contributed by atoms with E-state index in [2.05, 4.69) is 0 Å². The predicted octanol–water partition coefficient (Wildman–Crippen LogP) is 2.30. The van der Waals surface area contributed by atoms with E-state index >= 15 is 0 Å². The molecule has 0 bridgehead atoms. The zero-order valence-corrected chi connectivity index (χ0v) is 6.79. The van der Waals surface area contributed by atoms with Gasteiger partial charge >= 0.3 is 12.4 Å². The third kappa shape index (κ3) is 70.0. The van der Waals surface area contributed by atoms with Crippen molar-refractivity contribution in [2.24, 2.45) is 0 Å². The van der Waals surface area contributed by atoms with Crippen molar-refractivity contribution in [2.45, 2.75) is 18.8 Å². The van der Waals surface area contributed by atoms with Gasteiger partial charge in [0.1, 0.15) is 6.42 Å². The summed E-state index contributed by atoms with van der Waals surface area (Å²) in [5, 5.41) is 10.8. The second kappa shape index (κ2) is 8.92. The smallest absolute Gasteiger partial charge is 0.222 e. The molecule has 0 heterocycles. The zero-order chi connectivity index (χ0) is 13.1. The van der Waals surface area contributed by atoms with Crippen molar-refractivity contribution in [3.8, 4) is 0 Å². The first-order valence-electron chi connectivity index (χ1n) is 2.75. The summed E-state index contributed by atoms with van der Waals surface area (Å²) in [7, 11) is 0. The topological polar surface area (TPSA) is 81.8 Å². The molecule has 0 aliphatic carbocycles. The fourth-order valence-corrected chi connectivity index (χ4v) is 0.227. The maximum absolute atomic E-state index is 10.8. The number of alkyl halides is 6. The van der Waals surface area contributed by atoms with Crippen LogP contribution in [0.4, 0.5) is 26.3 Å². The lowest BCUT2D eigenvalue weighted by Crippen LogP contribution is -2.20. The van der Waals surface area contributed by atoms with E-state index < -0.39 is 18.8 Å². The summed E-state index contributed by atoms with van der Waals surface area (Å²) in [5.74, 6) is 0. The Morgan fingerprint density at radius 3 is 0.933 bits per heavy atom. The second-order valence-electron chi connectivity index (χ2n) is 1.61. The average molecular weight is 238 g/mol. The third-order valence-corrected chi connectivity index (χ3v) is 0.401. The fraction of sp³-hybridized carbons (Fsp3) is 0.600. The van der Waals surface area contributed by atoms with Crippen LogP contribution in [-0.2, 0) is 9.59 Å². The summed E-state index contributed by atoms with van der Waals surface area (Å²) in [5.41, 5.74) is 0. The summed E-state index contributed by atoms with van der Waals surface area (Å²) in [4.78, 5) is 16.7. The first-order chi connectivity index (χ1) is 6.54. The number of carbonyl (C=O) groups excluding carboxylic acids is 2. The Bertz CT molecular complexity index is 197. The molecule has 0 aromatic heterocycles. The van der Waals surface area contributed by atoms with Crippen LogP contribution in [0.5, 0.6) is 0 Å². The summed E-state index contributed by atoms with van der Waals surface area (Å²) in [6, 6.07) is 0. The van der Waals surface area contributed by atoms with Crippen LogP contribution in [0.2, 0.25) is 0 Å². The molecule has 0 unspecified atom stereocenters. The van der Waals surface area contributed by atoms with Crippen LogP contribution in [0, 0.1) is 10.8 Å². The average Bonchev–Trinajstić information content (AvgIpc) is 1.80. The molecule has 0 fully saturated rings. The van der Waals surface area contributed by atoms with Crippen molar-refractivity contribution in [1.29, 1.82) is 10.8 Å². The molecule has 0 saturated heterocycles. The lowest BCUT2D eigenvalue weighted by Gasteiger charge is -2.08. The van der Waals surface area contributed by atoms with E-state index in [1.165, 1.54) is 0 Å². The molecule has 0 aliphatic rings. The molecule has 0 rings (SSSR count). The Labute approximate surface area is 78.9 Å². The van der Waals surface area contributed by atoms with E-state index in [1.807, 2.05) is 0 Å². The van der Waals surface area contributed by atoms with Gasteiger partial charge in [-0.1, -0.05) is 0 Å². The van der Waals surface area contributed by atoms with Crippen molar-refractivity contribution in [3.05, 3.63) is 0 Å². The maximum atomic E-state index is 10.8.